The normalized spacial score (nSPS) is 11.0. The summed E-state index contributed by atoms with van der Waals surface area (Å²) >= 11 is 0. The first-order valence-corrected chi connectivity index (χ1v) is 6.29. The van der Waals surface area contributed by atoms with Crippen molar-refractivity contribution in [2.75, 3.05) is 0 Å². The molecule has 0 aliphatic carbocycles. The van der Waals surface area contributed by atoms with Gasteiger partial charge in [-0.3, -0.25) is 0 Å². The van der Waals surface area contributed by atoms with Crippen LogP contribution in [0.2, 0.25) is 0 Å². The molecule has 0 nitrogen and oxygen atoms in total. The topological polar surface area (TPSA) is 0 Å². The molecule has 0 heterocycles. The predicted octanol–water partition coefficient (Wildman–Crippen LogP) is 5.03. The molecule has 0 unspecified atom stereocenters. The first-order valence-electron chi connectivity index (χ1n) is 6.29. The van der Waals surface area contributed by atoms with Crippen molar-refractivity contribution in [2.24, 2.45) is 0 Å². The Balaban J connectivity index is 2.69. The Morgan fingerprint density at radius 1 is 1.00 bits per heavy atom. The molecule has 0 spiro atoms. The number of rotatable bonds is 2. The fourth-order valence-electron chi connectivity index (χ4n) is 2.30. The molecular formula is C17H18F. The number of hydrogen-bond donors (Lipinski definition) is 0. The Hall–Kier alpha value is -1.63. The van der Waals surface area contributed by atoms with Gasteiger partial charge in [0.1, 0.15) is 5.82 Å². The Labute approximate surface area is 108 Å². The first-order chi connectivity index (χ1) is 8.52. The highest BCUT2D eigenvalue weighted by Gasteiger charge is 2.15. The second-order valence-corrected chi connectivity index (χ2v) is 5.00. The summed E-state index contributed by atoms with van der Waals surface area (Å²) in [5.74, 6) is 0.180. The molecule has 2 aromatic carbocycles. The summed E-state index contributed by atoms with van der Waals surface area (Å²) in [5.41, 5.74) is 4.28. The fourth-order valence-corrected chi connectivity index (χ4v) is 2.30. The molecule has 0 fully saturated rings. The molecule has 0 saturated carbocycles. The van der Waals surface area contributed by atoms with Gasteiger partial charge in [-0.05, 0) is 53.6 Å². The highest BCUT2D eigenvalue weighted by molar-refractivity contribution is 5.68. The van der Waals surface area contributed by atoms with Crippen molar-refractivity contribution in [1.82, 2.24) is 0 Å². The van der Waals surface area contributed by atoms with E-state index in [1.807, 2.05) is 44.2 Å². The van der Waals surface area contributed by atoms with E-state index < -0.39 is 0 Å². The van der Waals surface area contributed by atoms with Crippen LogP contribution < -0.4 is 0 Å². The van der Waals surface area contributed by atoms with E-state index in [0.717, 1.165) is 22.3 Å². The van der Waals surface area contributed by atoms with E-state index in [1.165, 1.54) is 0 Å². The third-order valence-electron chi connectivity index (χ3n) is 3.34. The molecule has 18 heavy (non-hydrogen) atoms. The van der Waals surface area contributed by atoms with Gasteiger partial charge in [-0.2, -0.15) is 0 Å². The minimum Gasteiger partial charge on any atom is -0.206 e. The Morgan fingerprint density at radius 3 is 2.17 bits per heavy atom. The van der Waals surface area contributed by atoms with E-state index in [0.29, 0.717) is 5.56 Å². The summed E-state index contributed by atoms with van der Waals surface area (Å²) in [6, 6.07) is 13.3. The molecule has 0 aromatic heterocycles. The van der Waals surface area contributed by atoms with Gasteiger partial charge in [0.2, 0.25) is 0 Å². The van der Waals surface area contributed by atoms with Crippen LogP contribution >= 0.6 is 0 Å². The van der Waals surface area contributed by atoms with E-state index in [-0.39, 0.29) is 11.7 Å². The van der Waals surface area contributed by atoms with Crippen LogP contribution in [0.4, 0.5) is 4.39 Å². The van der Waals surface area contributed by atoms with E-state index >= 15 is 0 Å². The molecule has 0 saturated heterocycles. The highest BCUT2D eigenvalue weighted by atomic mass is 19.1. The summed E-state index contributed by atoms with van der Waals surface area (Å²) in [7, 11) is 0. The Kier molecular flexibility index (Phi) is 3.51. The van der Waals surface area contributed by atoms with Gasteiger partial charge in [0, 0.05) is 0 Å². The summed E-state index contributed by atoms with van der Waals surface area (Å²) in [4.78, 5) is 0. The van der Waals surface area contributed by atoms with E-state index in [4.69, 9.17) is 0 Å². The lowest BCUT2D eigenvalue weighted by Crippen LogP contribution is -2.01. The van der Waals surface area contributed by atoms with Gasteiger partial charge >= 0.3 is 0 Å². The highest BCUT2D eigenvalue weighted by Crippen LogP contribution is 2.31. The maximum Gasteiger partial charge on any atom is 0.129 e. The molecule has 93 valence electrons. The van der Waals surface area contributed by atoms with Crippen LogP contribution in [0, 0.1) is 25.7 Å². The van der Waals surface area contributed by atoms with Gasteiger partial charge in [0.15, 0.2) is 0 Å². The van der Waals surface area contributed by atoms with Crippen LogP contribution in [-0.2, 0) is 0 Å². The molecule has 0 bridgehead atoms. The average Bonchev–Trinajstić information content (AvgIpc) is 2.37. The van der Waals surface area contributed by atoms with Gasteiger partial charge in [-0.1, -0.05) is 44.2 Å². The molecule has 1 radical (unpaired) electrons. The van der Waals surface area contributed by atoms with Gasteiger partial charge in [0.05, 0.1) is 0 Å². The van der Waals surface area contributed by atoms with Crippen molar-refractivity contribution in [3.63, 3.8) is 0 Å². The SMILES string of the molecule is Cc1c(-c2ccccc2)[c]c(C(C)C)c(C)c1F. The zero-order valence-corrected chi connectivity index (χ0v) is 11.3. The second kappa shape index (κ2) is 4.93. The standard InChI is InChI=1S/C17H18F/c1-11(2)15-10-16(13(4)17(18)12(15)3)14-8-6-5-7-9-14/h5-9,11H,1-4H3. The summed E-state index contributed by atoms with van der Waals surface area (Å²) in [6.07, 6.45) is 0. The zero-order chi connectivity index (χ0) is 13.3. The van der Waals surface area contributed by atoms with Crippen LogP contribution in [0.25, 0.3) is 11.1 Å². The van der Waals surface area contributed by atoms with Gasteiger partial charge in [0.25, 0.3) is 0 Å². The fraction of sp³-hybridized carbons (Fsp3) is 0.294. The van der Waals surface area contributed by atoms with E-state index in [1.54, 1.807) is 0 Å². The third kappa shape index (κ3) is 2.17. The van der Waals surface area contributed by atoms with Crippen LogP contribution in [0.1, 0.15) is 36.5 Å². The number of hydrogen-bond acceptors (Lipinski definition) is 0. The van der Waals surface area contributed by atoms with Crippen LogP contribution in [-0.4, -0.2) is 0 Å². The van der Waals surface area contributed by atoms with Crippen molar-refractivity contribution in [3.8, 4) is 11.1 Å². The molecule has 2 aromatic rings. The molecule has 0 atom stereocenters. The Morgan fingerprint density at radius 2 is 1.61 bits per heavy atom. The molecule has 0 amide bonds. The maximum atomic E-state index is 14.3. The maximum absolute atomic E-state index is 14.3. The minimum absolute atomic E-state index is 0.101. The van der Waals surface area contributed by atoms with Crippen molar-refractivity contribution >= 4 is 0 Å². The van der Waals surface area contributed by atoms with Crippen molar-refractivity contribution in [1.29, 1.82) is 0 Å². The minimum atomic E-state index is -0.101. The molecule has 0 aliphatic heterocycles. The molecular weight excluding hydrogens is 223 g/mol. The third-order valence-corrected chi connectivity index (χ3v) is 3.34. The zero-order valence-electron chi connectivity index (χ0n) is 11.3. The first kappa shape index (κ1) is 12.8. The monoisotopic (exact) mass is 241 g/mol. The van der Waals surface area contributed by atoms with Crippen LogP contribution in [0.5, 0.6) is 0 Å². The molecule has 0 aliphatic rings. The quantitative estimate of drug-likeness (QED) is 0.691. The second-order valence-electron chi connectivity index (χ2n) is 5.00. The predicted molar refractivity (Wildman–Crippen MR) is 74.2 cm³/mol. The van der Waals surface area contributed by atoms with Crippen molar-refractivity contribution < 1.29 is 4.39 Å². The van der Waals surface area contributed by atoms with Gasteiger partial charge in [-0.25, -0.2) is 4.39 Å². The summed E-state index contributed by atoms with van der Waals surface area (Å²) < 4.78 is 14.3. The van der Waals surface area contributed by atoms with Crippen molar-refractivity contribution in [3.05, 3.63) is 58.9 Å². The van der Waals surface area contributed by atoms with Gasteiger partial charge < -0.3 is 0 Å². The smallest absolute Gasteiger partial charge is 0.129 e. The Bertz CT molecular complexity index is 554. The average molecular weight is 241 g/mol. The lowest BCUT2D eigenvalue weighted by Gasteiger charge is -2.16. The van der Waals surface area contributed by atoms with Crippen LogP contribution in [0.15, 0.2) is 30.3 Å². The number of halogens is 1. The molecule has 0 N–H and O–H groups in total. The lowest BCUT2D eigenvalue weighted by molar-refractivity contribution is 0.604. The van der Waals surface area contributed by atoms with Crippen LogP contribution in [0.3, 0.4) is 0 Å². The van der Waals surface area contributed by atoms with E-state index in [9.17, 15) is 4.39 Å². The largest absolute Gasteiger partial charge is 0.206 e. The summed E-state index contributed by atoms with van der Waals surface area (Å²) in [6.45, 7) is 7.80. The lowest BCUT2D eigenvalue weighted by atomic mass is 9.90. The number of benzene rings is 2. The molecule has 1 heteroatoms. The summed E-state index contributed by atoms with van der Waals surface area (Å²) in [5, 5.41) is 0. The molecule has 2 rings (SSSR count). The van der Waals surface area contributed by atoms with E-state index in [2.05, 4.69) is 19.9 Å². The van der Waals surface area contributed by atoms with Crippen molar-refractivity contribution in [2.45, 2.75) is 33.6 Å². The van der Waals surface area contributed by atoms with Gasteiger partial charge in [-0.15, -0.1) is 0 Å².